The van der Waals surface area contributed by atoms with Crippen molar-refractivity contribution in [3.05, 3.63) is 41.1 Å². The first-order chi connectivity index (χ1) is 10.7. The first-order valence-electron chi connectivity index (χ1n) is 7.27. The minimum Gasteiger partial charge on any atom is -0.381 e. The molecular formula is C16H17ClN2O3. The standard InChI is InChI=1S/C16H17ClN2O3/c17-14-4-2-1-3-13(14)15-8-12(22-19-15)9-18-16(20)7-11-5-6-21-10-11/h1-4,8,11H,5-7,9-10H2,(H,18,20)/t11-/m0/s1. The number of ether oxygens (including phenoxy) is 1. The van der Waals surface area contributed by atoms with Gasteiger partial charge in [0.05, 0.1) is 11.6 Å². The van der Waals surface area contributed by atoms with Gasteiger partial charge >= 0.3 is 0 Å². The second-order valence-electron chi connectivity index (χ2n) is 5.37. The van der Waals surface area contributed by atoms with Crippen LogP contribution in [0.1, 0.15) is 18.6 Å². The number of rotatable bonds is 5. The van der Waals surface area contributed by atoms with Gasteiger partial charge in [-0.25, -0.2) is 0 Å². The molecule has 3 rings (SSSR count). The molecule has 1 aliphatic rings. The van der Waals surface area contributed by atoms with Crippen LogP contribution >= 0.6 is 11.6 Å². The van der Waals surface area contributed by atoms with Gasteiger partial charge in [0, 0.05) is 31.3 Å². The third-order valence-corrected chi connectivity index (χ3v) is 4.00. The summed E-state index contributed by atoms with van der Waals surface area (Å²) in [4.78, 5) is 11.9. The number of nitrogens with one attached hydrogen (secondary N) is 1. The molecule has 0 radical (unpaired) electrons. The van der Waals surface area contributed by atoms with E-state index in [9.17, 15) is 4.79 Å². The molecule has 1 fully saturated rings. The van der Waals surface area contributed by atoms with Crippen molar-refractivity contribution in [1.29, 1.82) is 0 Å². The van der Waals surface area contributed by atoms with Crippen molar-refractivity contribution in [1.82, 2.24) is 10.5 Å². The molecule has 0 spiro atoms. The van der Waals surface area contributed by atoms with Gasteiger partial charge in [-0.1, -0.05) is 35.0 Å². The molecule has 5 nitrogen and oxygen atoms in total. The summed E-state index contributed by atoms with van der Waals surface area (Å²) >= 11 is 6.13. The fourth-order valence-corrected chi connectivity index (χ4v) is 2.69. The van der Waals surface area contributed by atoms with E-state index in [4.69, 9.17) is 20.9 Å². The first-order valence-corrected chi connectivity index (χ1v) is 7.65. The molecule has 1 saturated heterocycles. The van der Waals surface area contributed by atoms with Crippen LogP contribution in [0.3, 0.4) is 0 Å². The summed E-state index contributed by atoms with van der Waals surface area (Å²) in [6.45, 7) is 1.75. The second kappa shape index (κ2) is 6.94. The molecule has 0 bridgehead atoms. The quantitative estimate of drug-likeness (QED) is 0.919. The summed E-state index contributed by atoms with van der Waals surface area (Å²) in [7, 11) is 0. The van der Waals surface area contributed by atoms with Gasteiger partial charge in [0.15, 0.2) is 5.76 Å². The van der Waals surface area contributed by atoms with Gasteiger partial charge in [0.1, 0.15) is 5.69 Å². The SMILES string of the molecule is O=C(C[C@@H]1CCOC1)NCc1cc(-c2ccccc2Cl)no1. The minimum atomic E-state index is 0.00573. The first kappa shape index (κ1) is 15.1. The third kappa shape index (κ3) is 3.67. The van der Waals surface area contributed by atoms with Crippen molar-refractivity contribution in [2.24, 2.45) is 5.92 Å². The molecule has 1 aromatic carbocycles. The van der Waals surface area contributed by atoms with Crippen molar-refractivity contribution in [2.75, 3.05) is 13.2 Å². The van der Waals surface area contributed by atoms with Gasteiger partial charge in [-0.05, 0) is 18.4 Å². The Morgan fingerprint density at radius 2 is 2.27 bits per heavy atom. The number of carbonyl (C=O) groups is 1. The van der Waals surface area contributed by atoms with Crippen molar-refractivity contribution >= 4 is 17.5 Å². The predicted molar refractivity (Wildman–Crippen MR) is 82.3 cm³/mol. The summed E-state index contributed by atoms with van der Waals surface area (Å²) < 4.78 is 10.5. The van der Waals surface area contributed by atoms with Crippen LogP contribution in [-0.2, 0) is 16.1 Å². The maximum Gasteiger partial charge on any atom is 0.220 e. The van der Waals surface area contributed by atoms with Crippen molar-refractivity contribution in [2.45, 2.75) is 19.4 Å². The topological polar surface area (TPSA) is 64.4 Å². The van der Waals surface area contributed by atoms with Crippen LogP contribution in [0.5, 0.6) is 0 Å². The molecular weight excluding hydrogens is 304 g/mol. The van der Waals surface area contributed by atoms with Gasteiger partial charge in [-0.2, -0.15) is 0 Å². The fraction of sp³-hybridized carbons (Fsp3) is 0.375. The predicted octanol–water partition coefficient (Wildman–Crippen LogP) is 3.04. The summed E-state index contributed by atoms with van der Waals surface area (Å²) in [6, 6.07) is 9.22. The number of hydrogen-bond acceptors (Lipinski definition) is 4. The highest BCUT2D eigenvalue weighted by Gasteiger charge is 2.19. The Labute approximate surface area is 133 Å². The van der Waals surface area contributed by atoms with Gasteiger partial charge in [-0.3, -0.25) is 4.79 Å². The Bertz CT molecular complexity index is 650. The molecule has 0 saturated carbocycles. The van der Waals surface area contributed by atoms with Crippen molar-refractivity contribution < 1.29 is 14.1 Å². The van der Waals surface area contributed by atoms with E-state index in [0.29, 0.717) is 42.0 Å². The second-order valence-corrected chi connectivity index (χ2v) is 5.78. The normalized spacial score (nSPS) is 17.6. The van der Waals surface area contributed by atoms with Gasteiger partial charge in [0.25, 0.3) is 0 Å². The van der Waals surface area contributed by atoms with Crippen LogP contribution in [0.4, 0.5) is 0 Å². The largest absolute Gasteiger partial charge is 0.381 e. The van der Waals surface area contributed by atoms with Crippen LogP contribution in [0.15, 0.2) is 34.9 Å². The van der Waals surface area contributed by atoms with Crippen LogP contribution in [-0.4, -0.2) is 24.3 Å². The monoisotopic (exact) mass is 320 g/mol. The number of aromatic nitrogens is 1. The zero-order valence-corrected chi connectivity index (χ0v) is 12.8. The van der Waals surface area contributed by atoms with E-state index in [1.165, 1.54) is 0 Å². The van der Waals surface area contributed by atoms with E-state index >= 15 is 0 Å². The Morgan fingerprint density at radius 3 is 3.05 bits per heavy atom. The smallest absolute Gasteiger partial charge is 0.220 e. The Balaban J connectivity index is 1.55. The molecule has 0 aliphatic carbocycles. The van der Waals surface area contributed by atoms with E-state index in [-0.39, 0.29) is 5.91 Å². The highest BCUT2D eigenvalue weighted by molar-refractivity contribution is 6.33. The summed E-state index contributed by atoms with van der Waals surface area (Å²) in [6.07, 6.45) is 1.44. The molecule has 1 N–H and O–H groups in total. The number of benzene rings is 1. The van der Waals surface area contributed by atoms with Gasteiger partial charge in [0.2, 0.25) is 5.91 Å². The lowest BCUT2D eigenvalue weighted by Crippen LogP contribution is -2.25. The van der Waals surface area contributed by atoms with E-state index in [2.05, 4.69) is 10.5 Å². The average Bonchev–Trinajstić information content (AvgIpc) is 3.17. The summed E-state index contributed by atoms with van der Waals surface area (Å²) in [5, 5.41) is 7.46. The molecule has 1 aromatic heterocycles. The molecule has 1 atom stereocenters. The molecule has 1 aliphatic heterocycles. The summed E-state index contributed by atoms with van der Waals surface area (Å²) in [5.74, 6) is 0.936. The molecule has 22 heavy (non-hydrogen) atoms. The van der Waals surface area contributed by atoms with Crippen LogP contribution in [0.25, 0.3) is 11.3 Å². The van der Waals surface area contributed by atoms with Crippen molar-refractivity contribution in [3.8, 4) is 11.3 Å². The number of amides is 1. The molecule has 2 heterocycles. The zero-order chi connectivity index (χ0) is 15.4. The Hall–Kier alpha value is -1.85. The van der Waals surface area contributed by atoms with Crippen LogP contribution in [0, 0.1) is 5.92 Å². The Kier molecular flexibility index (Phi) is 4.75. The van der Waals surface area contributed by atoms with Crippen LogP contribution in [0.2, 0.25) is 5.02 Å². The fourth-order valence-electron chi connectivity index (χ4n) is 2.46. The van der Waals surface area contributed by atoms with Gasteiger partial charge in [-0.15, -0.1) is 0 Å². The lowest BCUT2D eigenvalue weighted by atomic mass is 10.1. The number of nitrogens with zero attached hydrogens (tertiary/aromatic N) is 1. The lowest BCUT2D eigenvalue weighted by Gasteiger charge is -2.06. The maximum atomic E-state index is 11.9. The third-order valence-electron chi connectivity index (χ3n) is 3.67. The number of hydrogen-bond donors (Lipinski definition) is 1. The lowest BCUT2D eigenvalue weighted by molar-refractivity contribution is -0.122. The molecule has 6 heteroatoms. The minimum absolute atomic E-state index is 0.00573. The van der Waals surface area contributed by atoms with Crippen molar-refractivity contribution in [3.63, 3.8) is 0 Å². The van der Waals surface area contributed by atoms with Crippen LogP contribution < -0.4 is 5.32 Å². The number of carbonyl (C=O) groups excluding carboxylic acids is 1. The van der Waals surface area contributed by atoms with E-state index in [0.717, 1.165) is 18.6 Å². The highest BCUT2D eigenvalue weighted by Crippen LogP contribution is 2.26. The maximum absolute atomic E-state index is 11.9. The van der Waals surface area contributed by atoms with Gasteiger partial charge < -0.3 is 14.6 Å². The molecule has 1 amide bonds. The molecule has 0 unspecified atom stereocenters. The van der Waals surface area contributed by atoms with E-state index in [1.807, 2.05) is 18.2 Å². The zero-order valence-electron chi connectivity index (χ0n) is 12.0. The highest BCUT2D eigenvalue weighted by atomic mass is 35.5. The average molecular weight is 321 g/mol. The molecule has 116 valence electrons. The summed E-state index contributed by atoms with van der Waals surface area (Å²) in [5.41, 5.74) is 1.48. The van der Waals surface area contributed by atoms with E-state index < -0.39 is 0 Å². The Morgan fingerprint density at radius 1 is 1.41 bits per heavy atom. The number of halogens is 1. The van der Waals surface area contributed by atoms with E-state index in [1.54, 1.807) is 12.1 Å². The molecule has 2 aromatic rings.